The first-order valence-electron chi connectivity index (χ1n) is 6.74. The van der Waals surface area contributed by atoms with Gasteiger partial charge >= 0.3 is 0 Å². The lowest BCUT2D eigenvalue weighted by Gasteiger charge is -2.09. The Morgan fingerprint density at radius 1 is 1.11 bits per heavy atom. The second kappa shape index (κ2) is 7.62. The zero-order valence-corrected chi connectivity index (χ0v) is 12.6. The monoisotopic (exact) mass is 284 g/mol. The smallest absolute Gasteiger partial charge is 0.240 e. The summed E-state index contributed by atoms with van der Waals surface area (Å²) in [4.78, 5) is 0.375. The molecule has 0 atom stereocenters. The van der Waals surface area contributed by atoms with E-state index < -0.39 is 10.0 Å². The molecule has 0 saturated heterocycles. The van der Waals surface area contributed by atoms with Crippen LogP contribution in [0.3, 0.4) is 0 Å². The molecule has 1 aromatic rings. The van der Waals surface area contributed by atoms with Crippen molar-refractivity contribution in [1.82, 2.24) is 4.72 Å². The maximum absolute atomic E-state index is 12.1. The number of nitrogens with one attached hydrogen (secondary N) is 1. The zero-order valence-electron chi connectivity index (χ0n) is 11.8. The van der Waals surface area contributed by atoms with Gasteiger partial charge in [0.1, 0.15) is 0 Å². The highest BCUT2D eigenvalue weighted by atomic mass is 32.2. The van der Waals surface area contributed by atoms with Crippen molar-refractivity contribution in [1.29, 1.82) is 0 Å². The highest BCUT2D eigenvalue weighted by Gasteiger charge is 2.15. The Labute approximate surface area is 116 Å². The molecule has 0 spiro atoms. The second-order valence-electron chi connectivity index (χ2n) is 4.87. The minimum Gasteiger partial charge on any atom is -0.330 e. The van der Waals surface area contributed by atoms with Gasteiger partial charge < -0.3 is 5.73 Å². The van der Waals surface area contributed by atoms with E-state index in [0.29, 0.717) is 18.0 Å². The third-order valence-electron chi connectivity index (χ3n) is 3.04. The van der Waals surface area contributed by atoms with Crippen LogP contribution < -0.4 is 10.5 Å². The molecule has 0 saturated carbocycles. The molecule has 0 aliphatic heterocycles. The van der Waals surface area contributed by atoms with E-state index in [1.165, 1.54) is 0 Å². The van der Waals surface area contributed by atoms with Gasteiger partial charge in [-0.25, -0.2) is 13.1 Å². The van der Waals surface area contributed by atoms with E-state index in [-0.39, 0.29) is 0 Å². The van der Waals surface area contributed by atoms with Gasteiger partial charge in [0.2, 0.25) is 10.0 Å². The molecule has 0 heterocycles. The van der Waals surface area contributed by atoms with Crippen LogP contribution in [0.5, 0.6) is 0 Å². The van der Waals surface area contributed by atoms with Gasteiger partial charge in [-0.1, -0.05) is 30.5 Å². The van der Waals surface area contributed by atoms with Gasteiger partial charge in [0.15, 0.2) is 0 Å². The Balaban J connectivity index is 2.52. The summed E-state index contributed by atoms with van der Waals surface area (Å²) in [6.45, 7) is 4.96. The molecule has 0 aromatic heterocycles. The standard InChI is InChI=1S/C14H24N2O2S/c1-12-7-8-14(13(2)11-12)19(17,18)16-10-6-4-3-5-9-15/h7-8,11,16H,3-6,9-10,15H2,1-2H3. The van der Waals surface area contributed by atoms with Crippen LogP contribution in [0, 0.1) is 13.8 Å². The minimum atomic E-state index is -3.38. The predicted octanol–water partition coefficient (Wildman–Crippen LogP) is 2.10. The Kier molecular flexibility index (Phi) is 6.48. The SMILES string of the molecule is Cc1ccc(S(=O)(=O)NCCCCCCN)c(C)c1. The molecule has 5 heteroatoms. The van der Waals surface area contributed by atoms with Crippen molar-refractivity contribution in [3.05, 3.63) is 29.3 Å². The predicted molar refractivity (Wildman–Crippen MR) is 78.6 cm³/mol. The fourth-order valence-corrected chi connectivity index (χ4v) is 3.31. The number of hydrogen-bond acceptors (Lipinski definition) is 3. The van der Waals surface area contributed by atoms with E-state index in [9.17, 15) is 8.42 Å². The highest BCUT2D eigenvalue weighted by molar-refractivity contribution is 7.89. The first kappa shape index (κ1) is 16.1. The summed E-state index contributed by atoms with van der Waals surface area (Å²) in [5, 5.41) is 0. The lowest BCUT2D eigenvalue weighted by molar-refractivity contribution is 0.571. The van der Waals surface area contributed by atoms with Crippen molar-refractivity contribution >= 4 is 10.0 Å². The number of hydrogen-bond donors (Lipinski definition) is 2. The number of benzene rings is 1. The first-order valence-corrected chi connectivity index (χ1v) is 8.22. The van der Waals surface area contributed by atoms with Gasteiger partial charge in [-0.2, -0.15) is 0 Å². The van der Waals surface area contributed by atoms with E-state index in [1.807, 2.05) is 26.0 Å². The summed E-state index contributed by atoms with van der Waals surface area (Å²) in [5.74, 6) is 0. The van der Waals surface area contributed by atoms with E-state index in [2.05, 4.69) is 4.72 Å². The fraction of sp³-hybridized carbons (Fsp3) is 0.571. The molecule has 0 radical (unpaired) electrons. The number of nitrogens with two attached hydrogens (primary N) is 1. The van der Waals surface area contributed by atoms with Crippen molar-refractivity contribution in [2.24, 2.45) is 5.73 Å². The van der Waals surface area contributed by atoms with E-state index in [0.717, 1.165) is 36.8 Å². The Morgan fingerprint density at radius 3 is 2.42 bits per heavy atom. The topological polar surface area (TPSA) is 72.2 Å². The minimum absolute atomic E-state index is 0.375. The van der Waals surface area contributed by atoms with Crippen LogP contribution in [-0.4, -0.2) is 21.5 Å². The molecular weight excluding hydrogens is 260 g/mol. The number of aryl methyl sites for hydroxylation is 2. The number of sulfonamides is 1. The molecule has 0 amide bonds. The van der Waals surface area contributed by atoms with Gasteiger partial charge in [-0.15, -0.1) is 0 Å². The van der Waals surface area contributed by atoms with Gasteiger partial charge in [0.25, 0.3) is 0 Å². The fourth-order valence-electron chi connectivity index (χ4n) is 2.01. The molecule has 0 aliphatic rings. The molecule has 0 unspecified atom stereocenters. The average Bonchev–Trinajstić information content (AvgIpc) is 2.33. The van der Waals surface area contributed by atoms with Crippen LogP contribution >= 0.6 is 0 Å². The summed E-state index contributed by atoms with van der Waals surface area (Å²) in [7, 11) is -3.38. The van der Waals surface area contributed by atoms with Crippen molar-refractivity contribution in [2.45, 2.75) is 44.4 Å². The molecule has 0 aliphatic carbocycles. The van der Waals surface area contributed by atoms with Crippen LogP contribution in [-0.2, 0) is 10.0 Å². The number of unbranched alkanes of at least 4 members (excludes halogenated alkanes) is 3. The molecule has 3 N–H and O–H groups in total. The Morgan fingerprint density at radius 2 is 1.79 bits per heavy atom. The molecule has 1 aromatic carbocycles. The van der Waals surface area contributed by atoms with Gasteiger partial charge in [-0.05, 0) is 44.9 Å². The Bertz CT molecular complexity index is 498. The lowest BCUT2D eigenvalue weighted by Crippen LogP contribution is -2.25. The van der Waals surface area contributed by atoms with E-state index in [1.54, 1.807) is 6.07 Å². The third kappa shape index (κ3) is 5.30. The zero-order chi connectivity index (χ0) is 14.3. The summed E-state index contributed by atoms with van der Waals surface area (Å²) >= 11 is 0. The first-order chi connectivity index (χ1) is 8.97. The normalized spacial score (nSPS) is 11.7. The lowest BCUT2D eigenvalue weighted by atomic mass is 10.2. The molecule has 0 bridgehead atoms. The summed E-state index contributed by atoms with van der Waals surface area (Å²) in [6.07, 6.45) is 3.92. The molecule has 1 rings (SSSR count). The van der Waals surface area contributed by atoms with Crippen LogP contribution in [0.4, 0.5) is 0 Å². The molecule has 0 fully saturated rings. The van der Waals surface area contributed by atoms with Gasteiger partial charge in [-0.3, -0.25) is 0 Å². The average molecular weight is 284 g/mol. The maximum Gasteiger partial charge on any atom is 0.240 e. The van der Waals surface area contributed by atoms with Crippen LogP contribution in [0.1, 0.15) is 36.8 Å². The van der Waals surface area contributed by atoms with Gasteiger partial charge in [0, 0.05) is 6.54 Å². The van der Waals surface area contributed by atoms with E-state index >= 15 is 0 Å². The quantitative estimate of drug-likeness (QED) is 0.718. The maximum atomic E-state index is 12.1. The van der Waals surface area contributed by atoms with Crippen LogP contribution in [0.15, 0.2) is 23.1 Å². The third-order valence-corrected chi connectivity index (χ3v) is 4.66. The van der Waals surface area contributed by atoms with Crippen molar-refractivity contribution in [3.8, 4) is 0 Å². The van der Waals surface area contributed by atoms with Crippen molar-refractivity contribution < 1.29 is 8.42 Å². The number of rotatable bonds is 8. The molecule has 19 heavy (non-hydrogen) atoms. The summed E-state index contributed by atoms with van der Waals surface area (Å²) < 4.78 is 26.9. The van der Waals surface area contributed by atoms with Crippen LogP contribution in [0.25, 0.3) is 0 Å². The summed E-state index contributed by atoms with van der Waals surface area (Å²) in [5.41, 5.74) is 7.26. The second-order valence-corrected chi connectivity index (χ2v) is 6.60. The van der Waals surface area contributed by atoms with Gasteiger partial charge in [0.05, 0.1) is 4.90 Å². The van der Waals surface area contributed by atoms with E-state index in [4.69, 9.17) is 5.73 Å². The molecule has 4 nitrogen and oxygen atoms in total. The highest BCUT2D eigenvalue weighted by Crippen LogP contribution is 2.16. The Hall–Kier alpha value is -0.910. The summed E-state index contributed by atoms with van der Waals surface area (Å²) in [6, 6.07) is 5.38. The molecule has 108 valence electrons. The van der Waals surface area contributed by atoms with Crippen LogP contribution in [0.2, 0.25) is 0 Å². The van der Waals surface area contributed by atoms with Crippen molar-refractivity contribution in [3.63, 3.8) is 0 Å². The molecular formula is C14H24N2O2S. The van der Waals surface area contributed by atoms with Crippen molar-refractivity contribution in [2.75, 3.05) is 13.1 Å². The largest absolute Gasteiger partial charge is 0.330 e.